The molecule has 0 aromatic heterocycles. The van der Waals surface area contributed by atoms with Gasteiger partial charge in [0.1, 0.15) is 19.8 Å². The van der Waals surface area contributed by atoms with Crippen molar-refractivity contribution in [1.29, 1.82) is 0 Å². The van der Waals surface area contributed by atoms with Crippen molar-refractivity contribution in [1.82, 2.24) is 0 Å². The number of hydrogen-bond acceptors (Lipinski definition) is 0. The van der Waals surface area contributed by atoms with Gasteiger partial charge in [0.15, 0.2) is 0 Å². The van der Waals surface area contributed by atoms with Crippen LogP contribution in [0.3, 0.4) is 0 Å². The molecule has 0 aliphatic rings. The van der Waals surface area contributed by atoms with Crippen LogP contribution in [0.5, 0.6) is 0 Å². The molecule has 0 aliphatic carbocycles. The lowest BCUT2D eigenvalue weighted by molar-refractivity contribution is -0.524. The van der Waals surface area contributed by atoms with E-state index in [-0.39, 0.29) is 0 Å². The molecule has 4 atom stereocenters. The standard InChI is InChI=1S/C19H38N/c1-8-12-16(4)13-11-14-19(15-20(7)10-3)18(6)17(5)9-2/h11,13,16-19H,7-10,12,14-15H2,1-6H3/q+1. The van der Waals surface area contributed by atoms with E-state index in [0.29, 0.717) is 0 Å². The van der Waals surface area contributed by atoms with Gasteiger partial charge in [-0.3, -0.25) is 0 Å². The van der Waals surface area contributed by atoms with Crippen LogP contribution in [0.15, 0.2) is 12.2 Å². The molecular formula is C19H38N+. The molecule has 0 fully saturated rings. The molecule has 1 nitrogen and oxygen atoms in total. The highest BCUT2D eigenvalue weighted by molar-refractivity contribution is 5.14. The second kappa shape index (κ2) is 11.1. The van der Waals surface area contributed by atoms with Crippen LogP contribution in [0.1, 0.15) is 67.2 Å². The van der Waals surface area contributed by atoms with Crippen LogP contribution in [0.4, 0.5) is 0 Å². The smallest absolute Gasteiger partial charge is 0.145 e. The predicted octanol–water partition coefficient (Wildman–Crippen LogP) is 5.40. The van der Waals surface area contributed by atoms with Crippen molar-refractivity contribution < 1.29 is 4.58 Å². The van der Waals surface area contributed by atoms with E-state index in [1.807, 2.05) is 0 Å². The maximum absolute atomic E-state index is 4.15. The molecule has 0 radical (unpaired) electrons. The summed E-state index contributed by atoms with van der Waals surface area (Å²) in [6.45, 7) is 20.2. The lowest BCUT2D eigenvalue weighted by Crippen LogP contribution is -2.27. The predicted molar refractivity (Wildman–Crippen MR) is 92.7 cm³/mol. The van der Waals surface area contributed by atoms with E-state index >= 15 is 0 Å². The van der Waals surface area contributed by atoms with Gasteiger partial charge in [0, 0.05) is 5.92 Å². The fourth-order valence-corrected chi connectivity index (χ4v) is 2.79. The van der Waals surface area contributed by atoms with E-state index in [4.69, 9.17) is 0 Å². The molecular weight excluding hydrogens is 242 g/mol. The molecule has 0 rings (SSSR count). The van der Waals surface area contributed by atoms with Gasteiger partial charge in [0.2, 0.25) is 0 Å². The summed E-state index contributed by atoms with van der Waals surface area (Å²) in [5.74, 6) is 3.02. The molecule has 0 N–H and O–H groups in total. The zero-order chi connectivity index (χ0) is 15.5. The molecule has 0 spiro atoms. The van der Waals surface area contributed by atoms with Crippen molar-refractivity contribution in [2.45, 2.75) is 67.2 Å². The third-order valence-corrected chi connectivity index (χ3v) is 4.87. The molecule has 118 valence electrons. The molecule has 0 bridgehead atoms. The van der Waals surface area contributed by atoms with Crippen LogP contribution < -0.4 is 0 Å². The lowest BCUT2D eigenvalue weighted by atomic mass is 9.80. The zero-order valence-corrected chi connectivity index (χ0v) is 14.9. The van der Waals surface area contributed by atoms with Gasteiger partial charge in [-0.15, -0.1) is 0 Å². The van der Waals surface area contributed by atoms with Gasteiger partial charge in [-0.1, -0.05) is 59.6 Å². The fourth-order valence-electron chi connectivity index (χ4n) is 2.79. The molecule has 0 saturated heterocycles. The second-order valence-electron chi connectivity index (χ2n) is 6.60. The van der Waals surface area contributed by atoms with Gasteiger partial charge in [-0.25, -0.2) is 4.58 Å². The Labute approximate surface area is 128 Å². The van der Waals surface area contributed by atoms with Crippen molar-refractivity contribution in [3.8, 4) is 0 Å². The average molecular weight is 281 g/mol. The van der Waals surface area contributed by atoms with Gasteiger partial charge >= 0.3 is 0 Å². The summed E-state index contributed by atoms with van der Waals surface area (Å²) in [5.41, 5.74) is 0. The number of nitrogens with zero attached hydrogens (tertiary/aromatic N) is 1. The topological polar surface area (TPSA) is 3.01 Å². The van der Waals surface area contributed by atoms with Crippen molar-refractivity contribution in [2.24, 2.45) is 23.7 Å². The molecule has 20 heavy (non-hydrogen) atoms. The Morgan fingerprint density at radius 2 is 1.75 bits per heavy atom. The highest BCUT2D eigenvalue weighted by Crippen LogP contribution is 2.26. The minimum Gasteiger partial charge on any atom is -0.242 e. The molecule has 1 heteroatoms. The van der Waals surface area contributed by atoms with E-state index in [9.17, 15) is 0 Å². The van der Waals surface area contributed by atoms with E-state index in [2.05, 4.69) is 65.0 Å². The van der Waals surface area contributed by atoms with Crippen molar-refractivity contribution in [3.63, 3.8) is 0 Å². The molecule has 0 aliphatic heterocycles. The third kappa shape index (κ3) is 7.87. The number of hydrogen-bond donors (Lipinski definition) is 0. The first kappa shape index (κ1) is 19.4. The summed E-state index contributed by atoms with van der Waals surface area (Å²) < 4.78 is 2.22. The molecule has 0 aromatic carbocycles. The van der Waals surface area contributed by atoms with E-state index in [1.54, 1.807) is 0 Å². The Bertz CT molecular complexity index is 279. The van der Waals surface area contributed by atoms with Crippen LogP contribution in [0.25, 0.3) is 0 Å². The number of rotatable bonds is 11. The largest absolute Gasteiger partial charge is 0.242 e. The maximum Gasteiger partial charge on any atom is 0.145 e. The van der Waals surface area contributed by atoms with Crippen LogP contribution in [-0.2, 0) is 0 Å². The first-order valence-corrected chi connectivity index (χ1v) is 8.68. The van der Waals surface area contributed by atoms with E-state index in [0.717, 1.165) is 36.8 Å². The zero-order valence-electron chi connectivity index (χ0n) is 14.9. The SMILES string of the molecule is C=[N+](CC)CC(CC=CC(C)CCC)C(C)C(C)CC. The first-order chi connectivity index (χ1) is 9.46. The van der Waals surface area contributed by atoms with Crippen LogP contribution in [0, 0.1) is 23.7 Å². The maximum atomic E-state index is 4.15. The quantitative estimate of drug-likeness (QED) is 0.271. The highest BCUT2D eigenvalue weighted by Gasteiger charge is 2.24. The minimum atomic E-state index is 0.724. The fraction of sp³-hybridized carbons (Fsp3) is 0.842. The Morgan fingerprint density at radius 1 is 1.10 bits per heavy atom. The summed E-state index contributed by atoms with van der Waals surface area (Å²) in [7, 11) is 0. The lowest BCUT2D eigenvalue weighted by Gasteiger charge is -2.26. The minimum absolute atomic E-state index is 0.724. The number of allylic oxidation sites excluding steroid dienone is 2. The third-order valence-electron chi connectivity index (χ3n) is 4.87. The summed E-state index contributed by atoms with van der Waals surface area (Å²) in [4.78, 5) is 0. The van der Waals surface area contributed by atoms with Gasteiger partial charge in [0.25, 0.3) is 0 Å². The summed E-state index contributed by atoms with van der Waals surface area (Å²) in [5, 5.41) is 0. The van der Waals surface area contributed by atoms with Crippen LogP contribution in [0.2, 0.25) is 0 Å². The van der Waals surface area contributed by atoms with Crippen molar-refractivity contribution >= 4 is 6.72 Å². The summed E-state index contributed by atoms with van der Waals surface area (Å²) in [6, 6.07) is 0. The average Bonchev–Trinajstić information content (AvgIpc) is 2.44. The second-order valence-corrected chi connectivity index (χ2v) is 6.60. The first-order valence-electron chi connectivity index (χ1n) is 8.68. The molecule has 4 unspecified atom stereocenters. The molecule has 0 heterocycles. The Balaban J connectivity index is 4.56. The molecule has 0 saturated carbocycles. The van der Waals surface area contributed by atoms with Crippen molar-refractivity contribution in [2.75, 3.05) is 13.1 Å². The monoisotopic (exact) mass is 280 g/mol. The van der Waals surface area contributed by atoms with Crippen LogP contribution in [-0.4, -0.2) is 24.4 Å². The Kier molecular flexibility index (Phi) is 10.8. The summed E-state index contributed by atoms with van der Waals surface area (Å²) in [6.07, 6.45) is 9.90. The highest BCUT2D eigenvalue weighted by atomic mass is 15.0. The van der Waals surface area contributed by atoms with E-state index < -0.39 is 0 Å². The normalized spacial score (nSPS) is 17.9. The van der Waals surface area contributed by atoms with Gasteiger partial charge in [-0.2, -0.15) is 0 Å². The van der Waals surface area contributed by atoms with Gasteiger partial charge in [-0.05, 0) is 37.5 Å². The van der Waals surface area contributed by atoms with Gasteiger partial charge in [0.05, 0.1) is 0 Å². The Hall–Kier alpha value is -0.590. The molecule has 0 aromatic rings. The van der Waals surface area contributed by atoms with Gasteiger partial charge < -0.3 is 0 Å². The van der Waals surface area contributed by atoms with E-state index in [1.165, 1.54) is 25.7 Å². The van der Waals surface area contributed by atoms with Crippen molar-refractivity contribution in [3.05, 3.63) is 12.2 Å². The summed E-state index contributed by atoms with van der Waals surface area (Å²) >= 11 is 0. The van der Waals surface area contributed by atoms with Crippen LogP contribution >= 0.6 is 0 Å². The Morgan fingerprint density at radius 3 is 2.25 bits per heavy atom. The molecule has 0 amide bonds.